The van der Waals surface area contributed by atoms with Gasteiger partial charge in [0.05, 0.1) is 23.4 Å². The lowest BCUT2D eigenvalue weighted by Gasteiger charge is -2.18. The van der Waals surface area contributed by atoms with Crippen LogP contribution in [0.25, 0.3) is 10.9 Å². The van der Waals surface area contributed by atoms with Gasteiger partial charge in [0.2, 0.25) is 5.56 Å². The fraction of sp³-hybridized carbons (Fsp3) is 0.286. The van der Waals surface area contributed by atoms with Crippen LogP contribution in [0, 0.1) is 0 Å². The van der Waals surface area contributed by atoms with E-state index in [1.54, 1.807) is 29.9 Å². The highest BCUT2D eigenvalue weighted by Crippen LogP contribution is 2.29. The van der Waals surface area contributed by atoms with Crippen LogP contribution < -0.4 is 26.2 Å². The number of phenols is 1. The zero-order valence-corrected chi connectivity index (χ0v) is 26.0. The second-order valence-electron chi connectivity index (χ2n) is 11.1. The van der Waals surface area contributed by atoms with Crippen LogP contribution in [0.5, 0.6) is 11.5 Å². The van der Waals surface area contributed by atoms with E-state index in [0.29, 0.717) is 41.8 Å². The van der Waals surface area contributed by atoms with Gasteiger partial charge >= 0.3 is 0 Å². The lowest BCUT2D eigenvalue weighted by atomic mass is 9.99. The Morgan fingerprint density at radius 1 is 0.978 bits per heavy atom. The van der Waals surface area contributed by atoms with Gasteiger partial charge in [-0.2, -0.15) is 5.10 Å². The van der Waals surface area contributed by atoms with Crippen LogP contribution in [-0.4, -0.2) is 57.6 Å². The van der Waals surface area contributed by atoms with E-state index >= 15 is 0 Å². The Labute approximate surface area is 267 Å². The highest BCUT2D eigenvalue weighted by molar-refractivity contribution is 5.92. The number of phenolic OH excluding ortho intramolecular Hbond substituents is 1. The van der Waals surface area contributed by atoms with Crippen LogP contribution in [0.2, 0.25) is 0 Å². The first-order chi connectivity index (χ1) is 22.3. The molecule has 2 atom stereocenters. The number of H-pyrrole nitrogens is 1. The minimum atomic E-state index is -0.820. The number of hydrogen-bond donors (Lipinski definition) is 6. The Bertz CT molecular complexity index is 1820. The van der Waals surface area contributed by atoms with Crippen LogP contribution in [0.1, 0.15) is 57.9 Å². The van der Waals surface area contributed by atoms with E-state index in [1.807, 2.05) is 43.4 Å². The van der Waals surface area contributed by atoms with Gasteiger partial charge in [0, 0.05) is 31.6 Å². The number of carbonyl (C=O) groups is 1. The molecule has 0 aliphatic rings. The molecule has 2 unspecified atom stereocenters. The molecule has 0 aliphatic heterocycles. The molecular formula is C35H40N6O5. The van der Waals surface area contributed by atoms with Gasteiger partial charge in [-0.05, 0) is 73.5 Å². The number of benzene rings is 3. The summed E-state index contributed by atoms with van der Waals surface area (Å²) in [5, 5.41) is 35.2. The zero-order chi connectivity index (χ0) is 32.5. The van der Waals surface area contributed by atoms with Gasteiger partial charge in [-0.1, -0.05) is 48.5 Å². The number of aromatic nitrogens is 3. The molecule has 46 heavy (non-hydrogen) atoms. The van der Waals surface area contributed by atoms with Crippen molar-refractivity contribution in [2.75, 3.05) is 26.7 Å². The fourth-order valence-electron chi connectivity index (χ4n) is 5.43. The van der Waals surface area contributed by atoms with E-state index in [2.05, 4.69) is 44.2 Å². The van der Waals surface area contributed by atoms with Crippen molar-refractivity contribution in [2.24, 2.45) is 7.05 Å². The van der Waals surface area contributed by atoms with Crippen molar-refractivity contribution in [3.63, 3.8) is 0 Å². The van der Waals surface area contributed by atoms with E-state index in [1.165, 1.54) is 17.7 Å². The average molecular weight is 625 g/mol. The normalized spacial score (nSPS) is 12.6. The molecule has 2 heterocycles. The first kappa shape index (κ1) is 32.4. The third-order valence-corrected chi connectivity index (χ3v) is 7.88. The number of amides is 1. The molecule has 3 aromatic carbocycles. The van der Waals surface area contributed by atoms with Crippen LogP contribution >= 0.6 is 0 Å². The number of aryl methyl sites for hydroxylation is 1. The van der Waals surface area contributed by atoms with E-state index < -0.39 is 6.10 Å². The van der Waals surface area contributed by atoms with Gasteiger partial charge < -0.3 is 35.9 Å². The minimum Gasteiger partial charge on any atom is -0.506 e. The zero-order valence-electron chi connectivity index (χ0n) is 26.0. The third kappa shape index (κ3) is 7.99. The van der Waals surface area contributed by atoms with E-state index in [9.17, 15) is 19.8 Å². The van der Waals surface area contributed by atoms with Crippen LogP contribution in [-0.2, 0) is 13.7 Å². The van der Waals surface area contributed by atoms with Gasteiger partial charge in [-0.3, -0.25) is 14.3 Å². The molecule has 0 saturated carbocycles. The van der Waals surface area contributed by atoms with Crippen molar-refractivity contribution in [1.82, 2.24) is 30.7 Å². The Morgan fingerprint density at radius 3 is 2.57 bits per heavy atom. The standard InChI is InChI=1S/C35H40N6O5/c1-36-33(23-9-4-3-5-10-23)24-11-8-12-26(19-24)46-22-25-20-29(40-41(25)2)35(45)38-18-7-6-17-37-21-31(43)27-13-15-30(42)34-28(27)14-16-32(44)39-34/h3-5,8-16,19-20,31,33,36-37,42-43H,6-7,17-18,21-22H2,1-2H3,(H,38,45)(H,39,44). The molecule has 0 saturated heterocycles. The van der Waals surface area contributed by atoms with Gasteiger partial charge in [0.25, 0.3) is 5.91 Å². The highest BCUT2D eigenvalue weighted by atomic mass is 16.5. The second kappa shape index (κ2) is 15.3. The van der Waals surface area contributed by atoms with Crippen molar-refractivity contribution in [2.45, 2.75) is 31.6 Å². The van der Waals surface area contributed by atoms with Crippen molar-refractivity contribution in [1.29, 1.82) is 0 Å². The lowest BCUT2D eigenvalue weighted by molar-refractivity contribution is 0.0947. The topological polar surface area (TPSA) is 154 Å². The molecule has 1 amide bonds. The number of nitrogens with zero attached hydrogens (tertiary/aromatic N) is 2. The van der Waals surface area contributed by atoms with Gasteiger partial charge in [-0.25, -0.2) is 0 Å². The Morgan fingerprint density at radius 2 is 1.76 bits per heavy atom. The summed E-state index contributed by atoms with van der Waals surface area (Å²) in [7, 11) is 3.73. The summed E-state index contributed by atoms with van der Waals surface area (Å²) in [5.74, 6) is 0.441. The predicted octanol–water partition coefficient (Wildman–Crippen LogP) is 3.69. The number of aliphatic hydroxyl groups excluding tert-OH is 1. The van der Waals surface area contributed by atoms with Crippen molar-refractivity contribution in [3.8, 4) is 11.5 Å². The molecule has 2 aromatic heterocycles. The first-order valence-corrected chi connectivity index (χ1v) is 15.3. The summed E-state index contributed by atoms with van der Waals surface area (Å²) in [4.78, 5) is 27.0. The lowest BCUT2D eigenvalue weighted by Crippen LogP contribution is -2.27. The molecule has 0 aliphatic carbocycles. The number of aromatic amines is 1. The Kier molecular flexibility index (Phi) is 10.8. The number of pyridine rings is 1. The molecule has 0 spiro atoms. The number of ether oxygens (including phenoxy) is 1. The molecular weight excluding hydrogens is 584 g/mol. The van der Waals surface area contributed by atoms with Crippen LogP contribution in [0.3, 0.4) is 0 Å². The molecule has 5 aromatic rings. The molecule has 5 rings (SSSR count). The Balaban J connectivity index is 1.04. The second-order valence-corrected chi connectivity index (χ2v) is 11.1. The summed E-state index contributed by atoms with van der Waals surface area (Å²) in [6.45, 7) is 1.71. The monoisotopic (exact) mass is 624 g/mol. The number of rotatable bonds is 15. The number of aromatic hydroxyl groups is 1. The molecule has 0 radical (unpaired) electrons. The van der Waals surface area contributed by atoms with E-state index in [4.69, 9.17) is 4.74 Å². The van der Waals surface area contributed by atoms with E-state index in [-0.39, 0.29) is 29.9 Å². The number of nitrogens with one attached hydrogen (secondary N) is 4. The van der Waals surface area contributed by atoms with Gasteiger partial charge in [0.1, 0.15) is 18.1 Å². The van der Waals surface area contributed by atoms with Crippen LogP contribution in [0.4, 0.5) is 0 Å². The molecule has 0 fully saturated rings. The minimum absolute atomic E-state index is 0.0410. The van der Waals surface area contributed by atoms with Gasteiger partial charge in [-0.15, -0.1) is 0 Å². The van der Waals surface area contributed by atoms with Gasteiger partial charge in [0.15, 0.2) is 5.69 Å². The summed E-state index contributed by atoms with van der Waals surface area (Å²) in [6.07, 6.45) is 0.712. The van der Waals surface area contributed by atoms with E-state index in [0.717, 1.165) is 29.8 Å². The average Bonchev–Trinajstić information content (AvgIpc) is 3.45. The summed E-state index contributed by atoms with van der Waals surface area (Å²) < 4.78 is 7.73. The molecule has 11 nitrogen and oxygen atoms in total. The summed E-state index contributed by atoms with van der Waals surface area (Å²) >= 11 is 0. The van der Waals surface area contributed by atoms with Crippen molar-refractivity contribution >= 4 is 16.8 Å². The molecule has 240 valence electrons. The maximum atomic E-state index is 12.7. The molecule has 6 N–H and O–H groups in total. The van der Waals surface area contributed by atoms with Crippen molar-refractivity contribution in [3.05, 3.63) is 123 Å². The maximum Gasteiger partial charge on any atom is 0.271 e. The maximum absolute atomic E-state index is 12.7. The third-order valence-electron chi connectivity index (χ3n) is 7.88. The van der Waals surface area contributed by atoms with Crippen LogP contribution in [0.15, 0.2) is 89.7 Å². The smallest absolute Gasteiger partial charge is 0.271 e. The molecule has 0 bridgehead atoms. The number of hydrogen-bond acceptors (Lipinski definition) is 8. The fourth-order valence-corrected chi connectivity index (χ4v) is 5.43. The predicted molar refractivity (Wildman–Crippen MR) is 177 cm³/mol. The van der Waals surface area contributed by atoms with Crippen molar-refractivity contribution < 1.29 is 19.7 Å². The molecule has 11 heteroatoms. The number of unbranched alkanes of at least 4 members (excludes halogenated alkanes) is 1. The first-order valence-electron chi connectivity index (χ1n) is 15.3. The highest BCUT2D eigenvalue weighted by Gasteiger charge is 2.16. The number of carbonyl (C=O) groups excluding carboxylic acids is 1. The Hall–Kier alpha value is -4.97. The SMILES string of the molecule is CNC(c1ccccc1)c1cccc(OCc2cc(C(=O)NCCCCNCC(O)c3ccc(O)c4[nH]c(=O)ccc34)nn2C)c1. The summed E-state index contributed by atoms with van der Waals surface area (Å²) in [6, 6.07) is 26.1. The number of fused-ring (bicyclic) bond motifs is 1. The quantitative estimate of drug-likeness (QED) is 0.0965. The number of aliphatic hydroxyl groups is 1. The largest absolute Gasteiger partial charge is 0.506 e. The summed E-state index contributed by atoms with van der Waals surface area (Å²) in [5.41, 5.74) is 3.96.